The van der Waals surface area contributed by atoms with Gasteiger partial charge < -0.3 is 10.6 Å². The molecule has 2 N–H and O–H groups in total. The molecule has 1 aromatic carbocycles. The number of thiazole rings is 1. The fourth-order valence-corrected chi connectivity index (χ4v) is 3.99. The van der Waals surface area contributed by atoms with Crippen LogP contribution in [0, 0.1) is 12.8 Å². The molecule has 1 aliphatic heterocycles. The second-order valence-corrected chi connectivity index (χ2v) is 7.27. The van der Waals surface area contributed by atoms with Gasteiger partial charge in [-0.25, -0.2) is 4.98 Å². The number of hydrogen-bond acceptors (Lipinski definition) is 4. The number of aryl methyl sites for hydroxylation is 1. The molecule has 2 heterocycles. The predicted octanol–water partition coefficient (Wildman–Crippen LogP) is 3.12. The minimum atomic E-state index is 0.132. The number of hydrogen-bond donors (Lipinski definition) is 2. The van der Waals surface area contributed by atoms with Crippen molar-refractivity contribution in [1.82, 2.24) is 15.6 Å². The van der Waals surface area contributed by atoms with E-state index < -0.39 is 0 Å². The first kappa shape index (κ1) is 16.1. The number of amides is 1. The van der Waals surface area contributed by atoms with Gasteiger partial charge in [0.05, 0.1) is 12.2 Å². The van der Waals surface area contributed by atoms with Gasteiger partial charge in [0.2, 0.25) is 5.91 Å². The summed E-state index contributed by atoms with van der Waals surface area (Å²) in [7, 11) is 0. The molecule has 2 atom stereocenters. The van der Waals surface area contributed by atoms with E-state index in [0.29, 0.717) is 12.6 Å². The predicted molar refractivity (Wildman–Crippen MR) is 94.3 cm³/mol. The summed E-state index contributed by atoms with van der Waals surface area (Å²) in [6.45, 7) is 5.65. The van der Waals surface area contributed by atoms with Gasteiger partial charge in [-0.2, -0.15) is 0 Å². The van der Waals surface area contributed by atoms with Crippen LogP contribution >= 0.6 is 11.3 Å². The van der Waals surface area contributed by atoms with Gasteiger partial charge >= 0.3 is 0 Å². The number of aromatic nitrogens is 1. The minimum absolute atomic E-state index is 0.132. The molecular weight excluding hydrogens is 306 g/mol. The molecule has 0 aliphatic carbocycles. The molecule has 1 amide bonds. The molecule has 4 nitrogen and oxygen atoms in total. The molecule has 1 saturated heterocycles. The SMILES string of the molecule is Cc1nc(-c2ccccc2)sc1CNC(=O)[C@H]1CCN[C@@H](C)C1. The van der Waals surface area contributed by atoms with Crippen LogP contribution in [-0.2, 0) is 11.3 Å². The minimum Gasteiger partial charge on any atom is -0.351 e. The van der Waals surface area contributed by atoms with E-state index in [4.69, 9.17) is 0 Å². The second kappa shape index (κ2) is 7.23. The summed E-state index contributed by atoms with van der Waals surface area (Å²) >= 11 is 1.66. The fraction of sp³-hybridized carbons (Fsp3) is 0.444. The summed E-state index contributed by atoms with van der Waals surface area (Å²) in [4.78, 5) is 18.1. The summed E-state index contributed by atoms with van der Waals surface area (Å²) in [5.41, 5.74) is 2.14. The first-order valence-electron chi connectivity index (χ1n) is 8.16. The van der Waals surface area contributed by atoms with Crippen LogP contribution in [-0.4, -0.2) is 23.5 Å². The van der Waals surface area contributed by atoms with Gasteiger partial charge in [-0.3, -0.25) is 4.79 Å². The van der Waals surface area contributed by atoms with Crippen molar-refractivity contribution in [2.75, 3.05) is 6.54 Å². The van der Waals surface area contributed by atoms with Crippen molar-refractivity contribution in [2.24, 2.45) is 5.92 Å². The van der Waals surface area contributed by atoms with Gasteiger partial charge in [-0.15, -0.1) is 11.3 Å². The number of nitrogens with zero attached hydrogens (tertiary/aromatic N) is 1. The third kappa shape index (κ3) is 3.98. The van der Waals surface area contributed by atoms with E-state index in [2.05, 4.69) is 34.7 Å². The van der Waals surface area contributed by atoms with Crippen LogP contribution in [0.1, 0.15) is 30.3 Å². The van der Waals surface area contributed by atoms with Gasteiger partial charge in [-0.05, 0) is 33.2 Å². The third-order valence-electron chi connectivity index (χ3n) is 4.33. The Labute approximate surface area is 141 Å². The monoisotopic (exact) mass is 329 g/mol. The highest BCUT2D eigenvalue weighted by Gasteiger charge is 2.24. The van der Waals surface area contributed by atoms with Crippen molar-refractivity contribution in [3.05, 3.63) is 40.9 Å². The van der Waals surface area contributed by atoms with Gasteiger partial charge in [0, 0.05) is 22.4 Å². The van der Waals surface area contributed by atoms with Gasteiger partial charge in [-0.1, -0.05) is 30.3 Å². The number of carbonyl (C=O) groups is 1. The molecule has 0 saturated carbocycles. The Morgan fingerprint density at radius 2 is 2.17 bits per heavy atom. The van der Waals surface area contributed by atoms with E-state index in [1.165, 1.54) is 0 Å². The Morgan fingerprint density at radius 1 is 1.39 bits per heavy atom. The molecule has 3 rings (SSSR count). The van der Waals surface area contributed by atoms with Crippen molar-refractivity contribution in [3.8, 4) is 10.6 Å². The van der Waals surface area contributed by atoms with Crippen molar-refractivity contribution >= 4 is 17.2 Å². The van der Waals surface area contributed by atoms with Crippen molar-refractivity contribution in [2.45, 2.75) is 39.3 Å². The lowest BCUT2D eigenvalue weighted by molar-refractivity contribution is -0.126. The van der Waals surface area contributed by atoms with Gasteiger partial charge in [0.25, 0.3) is 0 Å². The Morgan fingerprint density at radius 3 is 2.91 bits per heavy atom. The first-order valence-corrected chi connectivity index (χ1v) is 8.98. The van der Waals surface area contributed by atoms with E-state index in [1.54, 1.807) is 11.3 Å². The maximum Gasteiger partial charge on any atom is 0.223 e. The smallest absolute Gasteiger partial charge is 0.223 e. The van der Waals surface area contributed by atoms with Crippen LogP contribution in [0.15, 0.2) is 30.3 Å². The second-order valence-electron chi connectivity index (χ2n) is 6.19. The molecule has 23 heavy (non-hydrogen) atoms. The molecule has 0 unspecified atom stereocenters. The summed E-state index contributed by atoms with van der Waals surface area (Å²) in [6, 6.07) is 10.6. The molecule has 2 aromatic rings. The van der Waals surface area contributed by atoms with Crippen LogP contribution in [0.25, 0.3) is 10.6 Å². The number of piperidine rings is 1. The van der Waals surface area contributed by atoms with Crippen LogP contribution in [0.3, 0.4) is 0 Å². The standard InChI is InChI=1S/C18H23N3OS/c1-12-10-15(8-9-19-12)17(22)20-11-16-13(2)21-18(23-16)14-6-4-3-5-7-14/h3-7,12,15,19H,8-11H2,1-2H3,(H,20,22)/t12-,15-/m0/s1. The normalized spacial score (nSPS) is 21.1. The van der Waals surface area contributed by atoms with Crippen molar-refractivity contribution in [3.63, 3.8) is 0 Å². The highest BCUT2D eigenvalue weighted by molar-refractivity contribution is 7.15. The molecule has 0 bridgehead atoms. The van der Waals surface area contributed by atoms with Crippen LogP contribution in [0.2, 0.25) is 0 Å². The molecule has 5 heteroatoms. The molecule has 122 valence electrons. The Balaban J connectivity index is 1.62. The summed E-state index contributed by atoms with van der Waals surface area (Å²) in [6.07, 6.45) is 1.84. The molecule has 0 radical (unpaired) electrons. The van der Waals surface area contributed by atoms with E-state index in [0.717, 1.165) is 40.5 Å². The highest BCUT2D eigenvalue weighted by Crippen LogP contribution is 2.27. The fourth-order valence-electron chi connectivity index (χ4n) is 2.98. The lowest BCUT2D eigenvalue weighted by Crippen LogP contribution is -2.42. The molecule has 1 aliphatic rings. The van der Waals surface area contributed by atoms with Crippen molar-refractivity contribution in [1.29, 1.82) is 0 Å². The molecule has 1 aromatic heterocycles. The average molecular weight is 329 g/mol. The zero-order valence-corrected chi connectivity index (χ0v) is 14.5. The Hall–Kier alpha value is -1.72. The Bertz CT molecular complexity index is 668. The summed E-state index contributed by atoms with van der Waals surface area (Å²) in [5.74, 6) is 0.306. The first-order chi connectivity index (χ1) is 11.1. The van der Waals surface area contributed by atoms with Crippen LogP contribution in [0.4, 0.5) is 0 Å². The number of nitrogens with one attached hydrogen (secondary N) is 2. The summed E-state index contributed by atoms with van der Waals surface area (Å²) < 4.78 is 0. The largest absolute Gasteiger partial charge is 0.351 e. The maximum atomic E-state index is 12.4. The Kier molecular flexibility index (Phi) is 5.08. The van der Waals surface area contributed by atoms with Crippen LogP contribution in [0.5, 0.6) is 0 Å². The van der Waals surface area contributed by atoms with Gasteiger partial charge in [0.15, 0.2) is 0 Å². The third-order valence-corrected chi connectivity index (χ3v) is 5.54. The molecular formula is C18H23N3OS. The summed E-state index contributed by atoms with van der Waals surface area (Å²) in [5, 5.41) is 7.50. The van der Waals surface area contributed by atoms with E-state index in [1.807, 2.05) is 25.1 Å². The quantitative estimate of drug-likeness (QED) is 0.906. The van der Waals surface area contributed by atoms with Gasteiger partial charge in [0.1, 0.15) is 5.01 Å². The average Bonchev–Trinajstić information content (AvgIpc) is 2.94. The zero-order valence-electron chi connectivity index (χ0n) is 13.6. The molecule has 1 fully saturated rings. The van der Waals surface area contributed by atoms with E-state index in [-0.39, 0.29) is 11.8 Å². The topological polar surface area (TPSA) is 54.0 Å². The van der Waals surface area contributed by atoms with E-state index in [9.17, 15) is 4.79 Å². The number of benzene rings is 1. The van der Waals surface area contributed by atoms with Crippen molar-refractivity contribution < 1.29 is 4.79 Å². The lowest BCUT2D eigenvalue weighted by atomic mass is 9.92. The number of carbonyl (C=O) groups excluding carboxylic acids is 1. The number of rotatable bonds is 4. The molecule has 0 spiro atoms. The maximum absolute atomic E-state index is 12.4. The zero-order chi connectivity index (χ0) is 16.2. The van der Waals surface area contributed by atoms with Crippen LogP contribution < -0.4 is 10.6 Å². The highest BCUT2D eigenvalue weighted by atomic mass is 32.1. The van der Waals surface area contributed by atoms with E-state index >= 15 is 0 Å². The lowest BCUT2D eigenvalue weighted by Gasteiger charge is -2.27.